The Morgan fingerprint density at radius 3 is 2.15 bits per heavy atom. The molecule has 2 rings (SSSR count). The molecule has 1 amide bonds. The van der Waals surface area contributed by atoms with Gasteiger partial charge in [-0.3, -0.25) is 4.79 Å². The molecule has 2 aromatic rings. The number of carbonyl (C=O) groups is 1. The number of halogens is 1. The number of hydrogen-bond acceptors (Lipinski definition) is 3. The van der Waals surface area contributed by atoms with Gasteiger partial charge < -0.3 is 5.32 Å². The Labute approximate surface area is 163 Å². The molecule has 5 nitrogen and oxygen atoms in total. The van der Waals surface area contributed by atoms with Crippen LogP contribution in [0.5, 0.6) is 0 Å². The molecule has 0 unspecified atom stereocenters. The van der Waals surface area contributed by atoms with E-state index in [1.165, 1.54) is 12.1 Å². The van der Waals surface area contributed by atoms with Crippen LogP contribution in [0.2, 0.25) is 0 Å². The molecule has 0 fully saturated rings. The summed E-state index contributed by atoms with van der Waals surface area (Å²) in [4.78, 5) is 12.8. The zero-order valence-electron chi connectivity index (χ0n) is 15.0. The van der Waals surface area contributed by atoms with Crippen molar-refractivity contribution < 1.29 is 13.2 Å². The van der Waals surface area contributed by atoms with Gasteiger partial charge in [0.2, 0.25) is 15.9 Å². The van der Waals surface area contributed by atoms with Crippen LogP contribution >= 0.6 is 15.9 Å². The van der Waals surface area contributed by atoms with Crippen molar-refractivity contribution in [2.24, 2.45) is 0 Å². The second-order valence-corrected chi connectivity index (χ2v) is 9.69. The summed E-state index contributed by atoms with van der Waals surface area (Å²) < 4.78 is 28.7. The summed E-state index contributed by atoms with van der Waals surface area (Å²) in [5.74, 6) is -0.359. The van der Waals surface area contributed by atoms with E-state index >= 15 is 0 Å². The standard InChI is InChI=1S/C19H23BrN2O3S/c1-19(2,3)21-18(23)17(13-14-7-5-4-6-8-14)22-26(24,25)16-11-9-15(20)10-12-16/h4-12,17,22H,13H2,1-3H3,(H,21,23)/t17-/m0/s1. The Balaban J connectivity index is 2.27. The molecule has 0 aliphatic heterocycles. The smallest absolute Gasteiger partial charge is 0.241 e. The van der Waals surface area contributed by atoms with Crippen molar-refractivity contribution in [2.75, 3.05) is 0 Å². The van der Waals surface area contributed by atoms with Crippen molar-refractivity contribution in [1.82, 2.24) is 10.0 Å². The summed E-state index contributed by atoms with van der Waals surface area (Å²) >= 11 is 3.28. The van der Waals surface area contributed by atoms with Crippen molar-refractivity contribution in [3.63, 3.8) is 0 Å². The minimum absolute atomic E-state index is 0.113. The first-order valence-corrected chi connectivity index (χ1v) is 10.5. The average Bonchev–Trinajstić information content (AvgIpc) is 2.54. The quantitative estimate of drug-likeness (QED) is 0.726. The Hall–Kier alpha value is -1.70. The topological polar surface area (TPSA) is 75.3 Å². The monoisotopic (exact) mass is 438 g/mol. The SMILES string of the molecule is CC(C)(C)NC(=O)[C@H](Cc1ccccc1)NS(=O)(=O)c1ccc(Br)cc1. The fourth-order valence-electron chi connectivity index (χ4n) is 2.36. The van der Waals surface area contributed by atoms with Crippen LogP contribution in [-0.4, -0.2) is 25.9 Å². The summed E-state index contributed by atoms with van der Waals surface area (Å²) in [5, 5.41) is 2.85. The summed E-state index contributed by atoms with van der Waals surface area (Å²) in [6.45, 7) is 5.56. The number of carbonyl (C=O) groups excluding carboxylic acids is 1. The maximum absolute atomic E-state index is 12.7. The van der Waals surface area contributed by atoms with Crippen LogP contribution in [0, 0.1) is 0 Å². The summed E-state index contributed by atoms with van der Waals surface area (Å²) in [6, 6.07) is 14.7. The van der Waals surface area contributed by atoms with Gasteiger partial charge in [0.15, 0.2) is 0 Å². The van der Waals surface area contributed by atoms with Crippen molar-refractivity contribution in [2.45, 2.75) is 43.7 Å². The van der Waals surface area contributed by atoms with E-state index in [0.717, 1.165) is 10.0 Å². The molecule has 1 atom stereocenters. The molecular formula is C19H23BrN2O3S. The van der Waals surface area contributed by atoms with Gasteiger partial charge in [0.1, 0.15) is 6.04 Å². The largest absolute Gasteiger partial charge is 0.350 e. The van der Waals surface area contributed by atoms with Crippen LogP contribution < -0.4 is 10.0 Å². The van der Waals surface area contributed by atoms with Gasteiger partial charge in [0.25, 0.3) is 0 Å². The van der Waals surface area contributed by atoms with E-state index in [9.17, 15) is 13.2 Å². The fourth-order valence-corrected chi connectivity index (χ4v) is 3.82. The number of sulfonamides is 1. The van der Waals surface area contributed by atoms with Gasteiger partial charge in [-0.15, -0.1) is 0 Å². The lowest BCUT2D eigenvalue weighted by Crippen LogP contribution is -2.52. The minimum atomic E-state index is -3.83. The van der Waals surface area contributed by atoms with E-state index < -0.39 is 21.6 Å². The third kappa shape index (κ3) is 6.23. The second kappa shape index (κ2) is 8.33. The Bertz CT molecular complexity index is 845. The van der Waals surface area contributed by atoms with Crippen LogP contribution in [-0.2, 0) is 21.2 Å². The van der Waals surface area contributed by atoms with Crippen molar-refractivity contribution in [1.29, 1.82) is 0 Å². The molecule has 2 aromatic carbocycles. The zero-order valence-corrected chi connectivity index (χ0v) is 17.4. The molecule has 140 valence electrons. The molecule has 26 heavy (non-hydrogen) atoms. The Kier molecular flexibility index (Phi) is 6.60. The van der Waals surface area contributed by atoms with Gasteiger partial charge in [-0.25, -0.2) is 8.42 Å². The van der Waals surface area contributed by atoms with Gasteiger partial charge in [0, 0.05) is 10.0 Å². The van der Waals surface area contributed by atoms with E-state index in [1.54, 1.807) is 12.1 Å². The van der Waals surface area contributed by atoms with Crippen LogP contribution in [0.1, 0.15) is 26.3 Å². The third-order valence-electron chi connectivity index (χ3n) is 3.52. The first-order chi connectivity index (χ1) is 12.1. The van der Waals surface area contributed by atoms with Gasteiger partial charge in [-0.2, -0.15) is 4.72 Å². The number of amides is 1. The first-order valence-electron chi connectivity index (χ1n) is 8.21. The van der Waals surface area contributed by atoms with Gasteiger partial charge in [-0.05, 0) is 57.0 Å². The predicted octanol–water partition coefficient (Wildman–Crippen LogP) is 3.25. The van der Waals surface area contributed by atoms with Crippen LogP contribution in [0.25, 0.3) is 0 Å². The maximum Gasteiger partial charge on any atom is 0.241 e. The lowest BCUT2D eigenvalue weighted by Gasteiger charge is -2.25. The lowest BCUT2D eigenvalue weighted by molar-refractivity contribution is -0.124. The normalized spacial score (nSPS) is 13.2. The van der Waals surface area contributed by atoms with Crippen LogP contribution in [0.3, 0.4) is 0 Å². The Morgan fingerprint density at radius 2 is 1.62 bits per heavy atom. The lowest BCUT2D eigenvalue weighted by atomic mass is 10.0. The molecule has 0 aliphatic rings. The highest BCUT2D eigenvalue weighted by atomic mass is 79.9. The summed E-state index contributed by atoms with van der Waals surface area (Å²) in [7, 11) is -3.83. The van der Waals surface area contributed by atoms with Crippen molar-refractivity contribution in [3.8, 4) is 0 Å². The van der Waals surface area contributed by atoms with Crippen LogP contribution in [0.4, 0.5) is 0 Å². The molecule has 0 heterocycles. The number of rotatable bonds is 6. The molecule has 0 aromatic heterocycles. The second-order valence-electron chi connectivity index (χ2n) is 7.06. The molecular weight excluding hydrogens is 416 g/mol. The number of hydrogen-bond donors (Lipinski definition) is 2. The van der Waals surface area contributed by atoms with E-state index in [1.807, 2.05) is 51.1 Å². The molecule has 0 saturated carbocycles. The van der Waals surface area contributed by atoms with E-state index in [-0.39, 0.29) is 17.2 Å². The van der Waals surface area contributed by atoms with Gasteiger partial charge in [0.05, 0.1) is 4.90 Å². The molecule has 7 heteroatoms. The average molecular weight is 439 g/mol. The number of nitrogens with one attached hydrogen (secondary N) is 2. The zero-order chi connectivity index (χ0) is 19.4. The maximum atomic E-state index is 12.7. The predicted molar refractivity (Wildman–Crippen MR) is 106 cm³/mol. The minimum Gasteiger partial charge on any atom is -0.350 e. The van der Waals surface area contributed by atoms with E-state index in [0.29, 0.717) is 0 Å². The fraction of sp³-hybridized carbons (Fsp3) is 0.316. The van der Waals surface area contributed by atoms with Gasteiger partial charge >= 0.3 is 0 Å². The summed E-state index contributed by atoms with van der Waals surface area (Å²) in [6.07, 6.45) is 0.262. The molecule has 0 saturated heterocycles. The molecule has 0 aliphatic carbocycles. The van der Waals surface area contributed by atoms with Gasteiger partial charge in [-0.1, -0.05) is 46.3 Å². The highest BCUT2D eigenvalue weighted by molar-refractivity contribution is 9.10. The first kappa shape index (κ1) is 20.6. The molecule has 0 radical (unpaired) electrons. The van der Waals surface area contributed by atoms with E-state index in [4.69, 9.17) is 0 Å². The van der Waals surface area contributed by atoms with Crippen molar-refractivity contribution >= 4 is 31.9 Å². The summed E-state index contributed by atoms with van der Waals surface area (Å²) in [5.41, 5.74) is 0.412. The van der Waals surface area contributed by atoms with Crippen LogP contribution in [0.15, 0.2) is 64.0 Å². The third-order valence-corrected chi connectivity index (χ3v) is 5.53. The number of benzene rings is 2. The molecule has 2 N–H and O–H groups in total. The van der Waals surface area contributed by atoms with E-state index in [2.05, 4.69) is 26.0 Å². The Morgan fingerprint density at radius 1 is 1.04 bits per heavy atom. The highest BCUT2D eigenvalue weighted by Gasteiger charge is 2.28. The molecule has 0 bridgehead atoms. The molecule has 0 spiro atoms. The highest BCUT2D eigenvalue weighted by Crippen LogP contribution is 2.16. The van der Waals surface area contributed by atoms with Crippen molar-refractivity contribution in [3.05, 3.63) is 64.6 Å².